The van der Waals surface area contributed by atoms with Crippen molar-refractivity contribution in [3.8, 4) is 0 Å². The first kappa shape index (κ1) is 22.1. The lowest BCUT2D eigenvalue weighted by molar-refractivity contribution is -0.137. The molecule has 2 aromatic carbocycles. The SMILES string of the molecule is [N-]=[N+]=NC[C@H](CC(=O)O)NC(=O)c1ccc(CNC(=O)C(=O)c2ccccc2)cc1. The van der Waals surface area contributed by atoms with Gasteiger partial charge in [0.1, 0.15) is 0 Å². The average Bonchev–Trinajstić information content (AvgIpc) is 2.75. The molecular formula is C20H19N5O5. The van der Waals surface area contributed by atoms with E-state index in [2.05, 4.69) is 20.7 Å². The summed E-state index contributed by atoms with van der Waals surface area (Å²) in [4.78, 5) is 49.7. The number of hydrogen-bond donors (Lipinski definition) is 3. The third kappa shape index (κ3) is 6.77. The Labute approximate surface area is 171 Å². The van der Waals surface area contributed by atoms with E-state index in [0.29, 0.717) is 11.1 Å². The number of ketones is 1. The van der Waals surface area contributed by atoms with Crippen molar-refractivity contribution in [2.24, 2.45) is 5.11 Å². The van der Waals surface area contributed by atoms with E-state index in [-0.39, 0.29) is 25.1 Å². The Kier molecular flexibility index (Phi) is 8.10. The van der Waals surface area contributed by atoms with E-state index in [9.17, 15) is 19.2 Å². The number of carboxylic acids is 1. The van der Waals surface area contributed by atoms with Crippen molar-refractivity contribution in [2.75, 3.05) is 6.54 Å². The Hall–Kier alpha value is -4.17. The molecule has 0 aromatic heterocycles. The molecule has 2 amide bonds. The highest BCUT2D eigenvalue weighted by Gasteiger charge is 2.17. The minimum atomic E-state index is -1.13. The Morgan fingerprint density at radius 2 is 1.67 bits per heavy atom. The van der Waals surface area contributed by atoms with Crippen LogP contribution in [0.15, 0.2) is 59.7 Å². The molecular weight excluding hydrogens is 390 g/mol. The smallest absolute Gasteiger partial charge is 0.305 e. The summed E-state index contributed by atoms with van der Waals surface area (Å²) in [6.45, 7) is -0.0913. The van der Waals surface area contributed by atoms with E-state index >= 15 is 0 Å². The van der Waals surface area contributed by atoms with Crippen LogP contribution in [-0.2, 0) is 16.1 Å². The van der Waals surface area contributed by atoms with Gasteiger partial charge in [0.15, 0.2) is 0 Å². The number of benzene rings is 2. The zero-order chi connectivity index (χ0) is 21.9. The van der Waals surface area contributed by atoms with Crippen molar-refractivity contribution in [2.45, 2.75) is 19.0 Å². The number of amides is 2. The summed E-state index contributed by atoms with van der Waals surface area (Å²) in [6.07, 6.45) is -0.385. The molecule has 3 N–H and O–H groups in total. The lowest BCUT2D eigenvalue weighted by Gasteiger charge is -2.14. The fraction of sp³-hybridized carbons (Fsp3) is 0.200. The molecule has 0 saturated heterocycles. The van der Waals surface area contributed by atoms with Gasteiger partial charge in [-0.05, 0) is 23.2 Å². The van der Waals surface area contributed by atoms with Gasteiger partial charge in [-0.15, -0.1) is 0 Å². The van der Waals surface area contributed by atoms with Crippen LogP contribution < -0.4 is 10.6 Å². The molecule has 0 aliphatic rings. The summed E-state index contributed by atoms with van der Waals surface area (Å²) in [7, 11) is 0. The number of carbonyl (C=O) groups is 4. The monoisotopic (exact) mass is 409 g/mol. The van der Waals surface area contributed by atoms with Gasteiger partial charge in [-0.1, -0.05) is 47.6 Å². The molecule has 154 valence electrons. The largest absolute Gasteiger partial charge is 0.481 e. The lowest BCUT2D eigenvalue weighted by Crippen LogP contribution is -2.38. The summed E-state index contributed by atoms with van der Waals surface area (Å²) in [5.41, 5.74) is 9.59. The van der Waals surface area contributed by atoms with Crippen LogP contribution in [0.25, 0.3) is 10.4 Å². The van der Waals surface area contributed by atoms with Gasteiger partial charge in [0, 0.05) is 35.2 Å². The van der Waals surface area contributed by atoms with Gasteiger partial charge in [0.05, 0.1) is 6.42 Å². The first-order chi connectivity index (χ1) is 14.4. The van der Waals surface area contributed by atoms with Crippen LogP contribution in [0.5, 0.6) is 0 Å². The van der Waals surface area contributed by atoms with E-state index in [4.69, 9.17) is 10.6 Å². The highest BCUT2D eigenvalue weighted by molar-refractivity contribution is 6.42. The molecule has 0 fully saturated rings. The molecule has 0 saturated carbocycles. The number of azide groups is 1. The first-order valence-corrected chi connectivity index (χ1v) is 8.90. The predicted octanol–water partition coefficient (Wildman–Crippen LogP) is 2.07. The van der Waals surface area contributed by atoms with Crippen molar-refractivity contribution in [3.63, 3.8) is 0 Å². The van der Waals surface area contributed by atoms with E-state index < -0.39 is 29.6 Å². The van der Waals surface area contributed by atoms with Crippen molar-refractivity contribution in [3.05, 3.63) is 81.7 Å². The van der Waals surface area contributed by atoms with Gasteiger partial charge < -0.3 is 15.7 Å². The van der Waals surface area contributed by atoms with Crippen LogP contribution in [-0.4, -0.2) is 41.3 Å². The predicted molar refractivity (Wildman–Crippen MR) is 107 cm³/mol. The van der Waals surface area contributed by atoms with Gasteiger partial charge in [-0.2, -0.15) is 0 Å². The summed E-state index contributed by atoms with van der Waals surface area (Å²) in [5.74, 6) is -3.04. The van der Waals surface area contributed by atoms with Crippen LogP contribution in [0, 0.1) is 0 Å². The molecule has 10 nitrogen and oxygen atoms in total. The Bertz CT molecular complexity index is 965. The molecule has 0 spiro atoms. The number of nitrogens with one attached hydrogen (secondary N) is 2. The number of hydrogen-bond acceptors (Lipinski definition) is 5. The average molecular weight is 409 g/mol. The second kappa shape index (κ2) is 11.0. The fourth-order valence-electron chi connectivity index (χ4n) is 2.53. The number of nitrogens with zero attached hydrogens (tertiary/aromatic N) is 3. The number of carboxylic acid groups (broad SMARTS) is 1. The Morgan fingerprint density at radius 3 is 2.27 bits per heavy atom. The standard InChI is InChI=1S/C20H19N5O5/c21-25-23-12-16(10-17(26)27)24-19(29)15-8-6-13(7-9-15)11-22-20(30)18(28)14-4-2-1-3-5-14/h1-9,16H,10-12H2,(H,22,30)(H,24,29)(H,26,27)/t16-/m0/s1. The quantitative estimate of drug-likeness (QED) is 0.180. The molecule has 0 bridgehead atoms. The zero-order valence-electron chi connectivity index (χ0n) is 15.8. The maximum absolute atomic E-state index is 12.3. The van der Waals surface area contributed by atoms with Gasteiger partial charge in [-0.25, -0.2) is 0 Å². The van der Waals surface area contributed by atoms with Crippen LogP contribution >= 0.6 is 0 Å². The molecule has 10 heteroatoms. The zero-order valence-corrected chi connectivity index (χ0v) is 15.8. The molecule has 1 atom stereocenters. The third-order valence-electron chi connectivity index (χ3n) is 4.03. The molecule has 0 heterocycles. The second-order valence-electron chi connectivity index (χ2n) is 6.26. The summed E-state index contributed by atoms with van der Waals surface area (Å²) >= 11 is 0. The van der Waals surface area contributed by atoms with Crippen molar-refractivity contribution in [1.82, 2.24) is 10.6 Å². The third-order valence-corrected chi connectivity index (χ3v) is 4.03. The van der Waals surface area contributed by atoms with E-state index in [0.717, 1.165) is 0 Å². The van der Waals surface area contributed by atoms with E-state index in [1.165, 1.54) is 12.1 Å². The van der Waals surface area contributed by atoms with Gasteiger partial charge in [-0.3, -0.25) is 19.2 Å². The Morgan fingerprint density at radius 1 is 1.00 bits per heavy atom. The van der Waals surface area contributed by atoms with Gasteiger partial charge >= 0.3 is 5.97 Å². The summed E-state index contributed by atoms with van der Waals surface area (Å²) < 4.78 is 0. The molecule has 2 aromatic rings. The molecule has 0 aliphatic carbocycles. The minimum absolute atomic E-state index is 0.0951. The van der Waals surface area contributed by atoms with Crippen LogP contribution in [0.3, 0.4) is 0 Å². The van der Waals surface area contributed by atoms with Gasteiger partial charge in [0.2, 0.25) is 5.78 Å². The molecule has 30 heavy (non-hydrogen) atoms. The molecule has 0 unspecified atom stereocenters. The number of carbonyl (C=O) groups excluding carboxylic acids is 3. The number of rotatable bonds is 10. The minimum Gasteiger partial charge on any atom is -0.481 e. The topological polar surface area (TPSA) is 161 Å². The summed E-state index contributed by atoms with van der Waals surface area (Å²) in [5, 5.41) is 17.2. The van der Waals surface area contributed by atoms with Crippen LogP contribution in [0.2, 0.25) is 0 Å². The maximum Gasteiger partial charge on any atom is 0.305 e. The van der Waals surface area contributed by atoms with E-state index in [1.807, 2.05) is 0 Å². The molecule has 0 aliphatic heterocycles. The van der Waals surface area contributed by atoms with Gasteiger partial charge in [0.25, 0.3) is 11.8 Å². The van der Waals surface area contributed by atoms with E-state index in [1.54, 1.807) is 42.5 Å². The number of Topliss-reactive ketones (excluding diaryl/α,β-unsaturated/α-hetero) is 1. The Balaban J connectivity index is 1.92. The molecule has 2 rings (SSSR count). The normalized spacial score (nSPS) is 10.9. The number of aliphatic carboxylic acids is 1. The summed E-state index contributed by atoms with van der Waals surface area (Å²) in [6, 6.07) is 13.5. The lowest BCUT2D eigenvalue weighted by atomic mass is 10.1. The second-order valence-corrected chi connectivity index (χ2v) is 6.26. The molecule has 0 radical (unpaired) electrons. The fourth-order valence-corrected chi connectivity index (χ4v) is 2.53. The van der Waals surface area contributed by atoms with Crippen LogP contribution in [0.1, 0.15) is 32.7 Å². The highest BCUT2D eigenvalue weighted by Crippen LogP contribution is 2.07. The maximum atomic E-state index is 12.3. The first-order valence-electron chi connectivity index (χ1n) is 8.90. The van der Waals surface area contributed by atoms with Crippen molar-refractivity contribution >= 4 is 23.6 Å². The van der Waals surface area contributed by atoms with Crippen LogP contribution in [0.4, 0.5) is 0 Å². The van der Waals surface area contributed by atoms with Crippen molar-refractivity contribution in [1.29, 1.82) is 0 Å². The van der Waals surface area contributed by atoms with Crippen molar-refractivity contribution < 1.29 is 24.3 Å². The highest BCUT2D eigenvalue weighted by atomic mass is 16.4.